The van der Waals surface area contributed by atoms with Gasteiger partial charge in [0.2, 0.25) is 10.0 Å². The normalized spacial score (nSPS) is 11.9. The van der Waals surface area contributed by atoms with E-state index >= 15 is 0 Å². The summed E-state index contributed by atoms with van der Waals surface area (Å²) in [6, 6.07) is 4.33. The Morgan fingerprint density at radius 1 is 1.30 bits per heavy atom. The Balaban J connectivity index is 2.05. The number of aromatic nitrogens is 3. The van der Waals surface area contributed by atoms with Crippen LogP contribution < -0.4 is 5.14 Å². The number of fused-ring (bicyclic) bond motifs is 1. The first-order valence-corrected chi connectivity index (χ1v) is 9.68. The van der Waals surface area contributed by atoms with Gasteiger partial charge in [0, 0.05) is 12.4 Å². The largest absolute Gasteiger partial charge is 0.535 e. The Morgan fingerprint density at radius 2 is 2.00 bits per heavy atom. The fourth-order valence-corrected chi connectivity index (χ4v) is 3.64. The molecule has 0 unspecified atom stereocenters. The molecule has 2 heterocycles. The van der Waals surface area contributed by atoms with Crippen molar-refractivity contribution in [3.8, 4) is 0 Å². The highest BCUT2D eigenvalue weighted by Crippen LogP contribution is 2.34. The molecule has 1 aromatic carbocycles. The highest BCUT2D eigenvalue weighted by Gasteiger charge is 2.28. The van der Waals surface area contributed by atoms with Crippen molar-refractivity contribution in [2.75, 3.05) is 0 Å². The summed E-state index contributed by atoms with van der Waals surface area (Å²) in [5.41, 5.74) is 1.09. The number of azo groups is 1. The summed E-state index contributed by atoms with van der Waals surface area (Å²) in [5.74, 6) is 0.684. The van der Waals surface area contributed by atoms with Gasteiger partial charge in [-0.15, -0.1) is 10.2 Å². The number of sulfonamides is 1. The van der Waals surface area contributed by atoms with Crippen molar-refractivity contribution >= 4 is 43.3 Å². The molecule has 0 radical (unpaired) electrons. The molecule has 3 aromatic rings. The lowest BCUT2D eigenvalue weighted by Gasteiger charge is -1.98. The Hall–Kier alpha value is -3.19. The maximum absolute atomic E-state index is 11.5. The van der Waals surface area contributed by atoms with Crippen molar-refractivity contribution in [3.05, 3.63) is 52.6 Å². The number of primary sulfonamides is 1. The van der Waals surface area contributed by atoms with E-state index in [-0.39, 0.29) is 10.7 Å². The third-order valence-electron chi connectivity index (χ3n) is 3.74. The summed E-state index contributed by atoms with van der Waals surface area (Å²) in [4.78, 5) is 10.7. The molecule has 136 valence electrons. The monoisotopic (exact) mass is 400 g/mol. The molecule has 12 heteroatoms. The number of benzene rings is 1. The van der Waals surface area contributed by atoms with Crippen LogP contribution in [0.2, 0.25) is 0 Å². The SMILES string of the molecule is [C-]#[N+]C([N+]#[C-])c1nc(C)c(N=Nc2snc3ccc(S(N)(=O)=O)cc23)n1C. The minimum absolute atomic E-state index is 0.0393. The molecule has 0 spiro atoms. The molecule has 0 saturated carbocycles. The van der Waals surface area contributed by atoms with Gasteiger partial charge in [-0.3, -0.25) is 0 Å². The van der Waals surface area contributed by atoms with Crippen LogP contribution in [-0.4, -0.2) is 22.3 Å². The smallest absolute Gasteiger partial charge is 0.301 e. The molecule has 0 saturated heterocycles. The maximum Gasteiger partial charge on any atom is 0.535 e. The van der Waals surface area contributed by atoms with E-state index in [9.17, 15) is 8.42 Å². The van der Waals surface area contributed by atoms with Crippen LogP contribution in [0.25, 0.3) is 20.6 Å². The lowest BCUT2D eigenvalue weighted by Crippen LogP contribution is -2.11. The van der Waals surface area contributed by atoms with Gasteiger partial charge < -0.3 is 4.57 Å². The van der Waals surface area contributed by atoms with E-state index < -0.39 is 16.2 Å². The van der Waals surface area contributed by atoms with Crippen LogP contribution in [0.3, 0.4) is 0 Å². The molecule has 0 aliphatic heterocycles. The summed E-state index contributed by atoms with van der Waals surface area (Å²) in [6.45, 7) is 15.9. The number of aryl methyl sites for hydroxylation is 1. The van der Waals surface area contributed by atoms with E-state index in [0.29, 0.717) is 27.4 Å². The second-order valence-corrected chi connectivity index (χ2v) is 7.79. The summed E-state index contributed by atoms with van der Waals surface area (Å²) >= 11 is 1.06. The lowest BCUT2D eigenvalue weighted by atomic mass is 10.2. The number of hydrogen-bond acceptors (Lipinski definition) is 7. The number of imidazole rings is 1. The summed E-state index contributed by atoms with van der Waals surface area (Å²) < 4.78 is 28.8. The second kappa shape index (κ2) is 6.85. The van der Waals surface area contributed by atoms with Gasteiger partial charge in [-0.05, 0) is 36.7 Å². The third kappa shape index (κ3) is 3.41. The molecule has 0 aliphatic rings. The summed E-state index contributed by atoms with van der Waals surface area (Å²) in [7, 11) is -2.20. The lowest BCUT2D eigenvalue weighted by molar-refractivity contribution is 0.598. The van der Waals surface area contributed by atoms with Gasteiger partial charge in [-0.25, -0.2) is 41.4 Å². The van der Waals surface area contributed by atoms with E-state index in [4.69, 9.17) is 18.3 Å². The predicted molar refractivity (Wildman–Crippen MR) is 99.1 cm³/mol. The molecule has 27 heavy (non-hydrogen) atoms. The van der Waals surface area contributed by atoms with Gasteiger partial charge in [-0.2, -0.15) is 4.37 Å². The Morgan fingerprint density at radius 3 is 2.63 bits per heavy atom. The molecule has 0 bridgehead atoms. The van der Waals surface area contributed by atoms with Crippen LogP contribution in [0, 0.1) is 20.1 Å². The van der Waals surface area contributed by atoms with Gasteiger partial charge in [-0.1, -0.05) is 0 Å². The maximum atomic E-state index is 11.5. The highest BCUT2D eigenvalue weighted by molar-refractivity contribution is 7.89. The highest BCUT2D eigenvalue weighted by atomic mass is 32.2. The Bertz CT molecular complexity index is 1240. The zero-order valence-electron chi connectivity index (χ0n) is 14.2. The van der Waals surface area contributed by atoms with Crippen molar-refractivity contribution < 1.29 is 8.42 Å². The van der Waals surface area contributed by atoms with Crippen LogP contribution in [-0.2, 0) is 17.1 Å². The van der Waals surface area contributed by atoms with Crippen LogP contribution in [0.15, 0.2) is 33.3 Å². The third-order valence-corrected chi connectivity index (χ3v) is 5.41. The van der Waals surface area contributed by atoms with Crippen molar-refractivity contribution in [1.29, 1.82) is 0 Å². The average Bonchev–Trinajstić information content (AvgIpc) is 3.15. The van der Waals surface area contributed by atoms with E-state index in [1.165, 1.54) is 12.1 Å². The Kier molecular flexibility index (Phi) is 4.72. The molecular weight excluding hydrogens is 388 g/mol. The quantitative estimate of drug-likeness (QED) is 0.533. The minimum atomic E-state index is -3.85. The second-order valence-electron chi connectivity index (χ2n) is 5.48. The van der Waals surface area contributed by atoms with E-state index in [2.05, 4.69) is 29.3 Å². The zero-order chi connectivity index (χ0) is 19.8. The first-order valence-electron chi connectivity index (χ1n) is 7.36. The fraction of sp³-hybridized carbons (Fsp3) is 0.200. The molecule has 0 fully saturated rings. The van der Waals surface area contributed by atoms with Gasteiger partial charge in [0.05, 0.1) is 16.1 Å². The van der Waals surface area contributed by atoms with E-state index in [1.807, 2.05) is 0 Å². The minimum Gasteiger partial charge on any atom is -0.301 e. The van der Waals surface area contributed by atoms with Crippen LogP contribution in [0.4, 0.5) is 10.8 Å². The molecule has 2 N–H and O–H groups in total. The Labute approximate surface area is 158 Å². The predicted octanol–water partition coefficient (Wildman–Crippen LogP) is 3.24. The molecule has 10 nitrogen and oxygen atoms in total. The van der Waals surface area contributed by atoms with Crippen LogP contribution >= 0.6 is 11.5 Å². The van der Waals surface area contributed by atoms with Gasteiger partial charge >= 0.3 is 6.17 Å². The van der Waals surface area contributed by atoms with Crippen molar-refractivity contribution in [2.24, 2.45) is 22.4 Å². The molecule has 0 aliphatic carbocycles. The first-order chi connectivity index (χ1) is 12.8. The number of rotatable bonds is 4. The molecule has 2 aromatic heterocycles. The van der Waals surface area contributed by atoms with E-state index in [1.54, 1.807) is 24.6 Å². The van der Waals surface area contributed by atoms with Crippen molar-refractivity contribution in [3.63, 3.8) is 0 Å². The van der Waals surface area contributed by atoms with Gasteiger partial charge in [0.1, 0.15) is 0 Å². The molecule has 3 rings (SSSR count). The van der Waals surface area contributed by atoms with Gasteiger partial charge in [0.25, 0.3) is 5.82 Å². The summed E-state index contributed by atoms with van der Waals surface area (Å²) in [6.07, 6.45) is -1.04. The molecule has 0 amide bonds. The van der Waals surface area contributed by atoms with Gasteiger partial charge in [0.15, 0.2) is 10.8 Å². The molecular formula is C15H12N8O2S2. The fourth-order valence-electron chi connectivity index (χ4n) is 2.41. The average molecular weight is 400 g/mol. The summed E-state index contributed by atoms with van der Waals surface area (Å²) in [5, 5.41) is 14.4. The van der Waals surface area contributed by atoms with Crippen LogP contribution in [0.1, 0.15) is 17.7 Å². The standard InChI is InChI=1S/C15H12N8O2S2/c1-8-13(23(4)14(19-8)12(17-2)18-3)20-21-15-10-7-9(27(16,24)25)5-6-11(10)22-26-15/h5-7,12H,1,4H3,(H2,16,24,25). The van der Waals surface area contributed by atoms with Crippen LogP contribution in [0.5, 0.6) is 0 Å². The first kappa shape index (κ1) is 18.6. The number of nitrogens with zero attached hydrogens (tertiary/aromatic N) is 7. The zero-order valence-corrected chi connectivity index (χ0v) is 15.8. The van der Waals surface area contributed by atoms with E-state index in [0.717, 1.165) is 11.5 Å². The topological polar surface area (TPSA) is 124 Å². The van der Waals surface area contributed by atoms with Crippen molar-refractivity contribution in [1.82, 2.24) is 13.9 Å². The van der Waals surface area contributed by atoms with Crippen molar-refractivity contribution in [2.45, 2.75) is 18.0 Å². The molecule has 0 atom stereocenters. The number of hydrogen-bond donors (Lipinski definition) is 1. The number of nitrogens with two attached hydrogens (primary N) is 1.